The van der Waals surface area contributed by atoms with Crippen LogP contribution in [0.2, 0.25) is 5.02 Å². The van der Waals surface area contributed by atoms with Gasteiger partial charge in [0.25, 0.3) is 5.91 Å². The summed E-state index contributed by atoms with van der Waals surface area (Å²) < 4.78 is 14.2. The molecule has 0 saturated heterocycles. The van der Waals surface area contributed by atoms with Crippen LogP contribution in [0.5, 0.6) is 0 Å². The highest BCUT2D eigenvalue weighted by atomic mass is 35.5. The van der Waals surface area contributed by atoms with Crippen LogP contribution < -0.4 is 10.6 Å². The number of rotatable bonds is 6. The van der Waals surface area contributed by atoms with E-state index in [0.29, 0.717) is 10.5 Å². The number of benzene rings is 2. The lowest BCUT2D eigenvalue weighted by atomic mass is 9.53. The minimum absolute atomic E-state index is 0.0204. The summed E-state index contributed by atoms with van der Waals surface area (Å²) in [6.45, 7) is 0. The van der Waals surface area contributed by atoms with Crippen LogP contribution in [0.15, 0.2) is 47.4 Å². The lowest BCUT2D eigenvalue weighted by Gasteiger charge is -2.56. The quantitative estimate of drug-likeness (QED) is 0.514. The van der Waals surface area contributed by atoms with Gasteiger partial charge in [-0.1, -0.05) is 29.8 Å². The van der Waals surface area contributed by atoms with E-state index in [1.54, 1.807) is 18.2 Å². The van der Waals surface area contributed by atoms with E-state index in [2.05, 4.69) is 10.6 Å². The highest BCUT2D eigenvalue weighted by Gasteiger charge is 2.51. The van der Waals surface area contributed by atoms with Crippen molar-refractivity contribution >= 4 is 40.9 Å². The van der Waals surface area contributed by atoms with E-state index < -0.39 is 11.7 Å². The third-order valence-electron chi connectivity index (χ3n) is 7.13. The molecule has 0 unspecified atom stereocenters. The Morgan fingerprint density at radius 2 is 1.66 bits per heavy atom. The third-order valence-corrected chi connectivity index (χ3v) is 8.50. The van der Waals surface area contributed by atoms with Crippen molar-refractivity contribution in [2.75, 3.05) is 11.1 Å². The molecular weight excluding hydrogens is 447 g/mol. The van der Waals surface area contributed by atoms with Gasteiger partial charge in [0.05, 0.1) is 22.0 Å². The van der Waals surface area contributed by atoms with Crippen molar-refractivity contribution in [1.82, 2.24) is 5.32 Å². The average Bonchev–Trinajstić information content (AvgIpc) is 2.74. The summed E-state index contributed by atoms with van der Waals surface area (Å²) in [6.07, 6.45) is 7.33. The average molecular weight is 473 g/mol. The molecule has 2 aromatic carbocycles. The number of anilines is 1. The van der Waals surface area contributed by atoms with Gasteiger partial charge in [-0.3, -0.25) is 9.59 Å². The number of hydrogen-bond donors (Lipinski definition) is 2. The predicted molar refractivity (Wildman–Crippen MR) is 126 cm³/mol. The number of hydrogen-bond acceptors (Lipinski definition) is 3. The molecule has 4 saturated carbocycles. The number of thioether (sulfide) groups is 1. The molecule has 2 aromatic rings. The van der Waals surface area contributed by atoms with Crippen LogP contribution in [0.4, 0.5) is 10.1 Å². The van der Waals surface area contributed by atoms with Gasteiger partial charge in [0.15, 0.2) is 5.82 Å². The summed E-state index contributed by atoms with van der Waals surface area (Å²) in [4.78, 5) is 26.4. The molecule has 0 radical (unpaired) electrons. The van der Waals surface area contributed by atoms with Crippen LogP contribution >= 0.6 is 23.4 Å². The molecule has 2 amide bonds. The SMILES string of the molecule is O=C(CSc1ccccc1C(=O)Nc1cccc(Cl)c1F)NC12CC3CC(CC(C3)C1)C2. The molecule has 6 rings (SSSR count). The number of halogens is 2. The highest BCUT2D eigenvalue weighted by Crippen LogP contribution is 2.55. The zero-order valence-corrected chi connectivity index (χ0v) is 19.3. The van der Waals surface area contributed by atoms with Crippen molar-refractivity contribution in [2.45, 2.75) is 49.0 Å². The molecule has 168 valence electrons. The Morgan fingerprint density at radius 3 is 2.34 bits per heavy atom. The second-order valence-corrected chi connectivity index (χ2v) is 11.0. The van der Waals surface area contributed by atoms with Gasteiger partial charge in [-0.05, 0) is 80.5 Å². The minimum Gasteiger partial charge on any atom is -0.350 e. The summed E-state index contributed by atoms with van der Waals surface area (Å²) in [5, 5.41) is 5.91. The van der Waals surface area contributed by atoms with E-state index in [1.807, 2.05) is 12.1 Å². The number of carbonyl (C=O) groups is 2. The second kappa shape index (κ2) is 8.71. The number of nitrogens with one attached hydrogen (secondary N) is 2. The molecule has 7 heteroatoms. The Kier molecular flexibility index (Phi) is 5.93. The minimum atomic E-state index is -0.664. The van der Waals surface area contributed by atoms with Gasteiger partial charge < -0.3 is 10.6 Å². The van der Waals surface area contributed by atoms with Gasteiger partial charge in [0.1, 0.15) is 0 Å². The predicted octanol–water partition coefficient (Wildman–Crippen LogP) is 5.91. The fourth-order valence-electron chi connectivity index (χ4n) is 6.31. The molecule has 32 heavy (non-hydrogen) atoms. The normalized spacial score (nSPS) is 27.9. The smallest absolute Gasteiger partial charge is 0.256 e. The second-order valence-electron chi connectivity index (χ2n) is 9.59. The Bertz CT molecular complexity index is 1020. The first kappa shape index (κ1) is 21.8. The van der Waals surface area contributed by atoms with E-state index in [9.17, 15) is 14.0 Å². The molecule has 0 atom stereocenters. The monoisotopic (exact) mass is 472 g/mol. The molecule has 4 nitrogen and oxygen atoms in total. The zero-order chi connectivity index (χ0) is 22.3. The summed E-state index contributed by atoms with van der Waals surface area (Å²) in [5.41, 5.74) is 0.411. The lowest BCUT2D eigenvalue weighted by molar-refractivity contribution is -0.124. The number of amides is 2. The Hall–Kier alpha value is -2.05. The molecule has 0 aromatic heterocycles. The van der Waals surface area contributed by atoms with Crippen molar-refractivity contribution in [1.29, 1.82) is 0 Å². The van der Waals surface area contributed by atoms with Gasteiger partial charge in [0.2, 0.25) is 5.91 Å². The van der Waals surface area contributed by atoms with Crippen molar-refractivity contribution in [3.8, 4) is 0 Å². The van der Waals surface area contributed by atoms with Crippen molar-refractivity contribution in [3.63, 3.8) is 0 Å². The maximum absolute atomic E-state index is 14.2. The first-order chi connectivity index (χ1) is 15.4. The van der Waals surface area contributed by atoms with Gasteiger partial charge in [-0.25, -0.2) is 4.39 Å². The van der Waals surface area contributed by atoms with E-state index in [0.717, 1.165) is 37.0 Å². The van der Waals surface area contributed by atoms with Crippen LogP contribution in [-0.4, -0.2) is 23.1 Å². The fraction of sp³-hybridized carbons (Fsp3) is 0.440. The maximum atomic E-state index is 14.2. The van der Waals surface area contributed by atoms with Crippen LogP contribution in [0.25, 0.3) is 0 Å². The van der Waals surface area contributed by atoms with Crippen LogP contribution in [-0.2, 0) is 4.79 Å². The van der Waals surface area contributed by atoms with Gasteiger partial charge in [-0.2, -0.15) is 0 Å². The van der Waals surface area contributed by atoms with Crippen LogP contribution in [0.1, 0.15) is 48.9 Å². The maximum Gasteiger partial charge on any atom is 0.256 e. The van der Waals surface area contributed by atoms with Crippen LogP contribution in [0.3, 0.4) is 0 Å². The van der Waals surface area contributed by atoms with Crippen LogP contribution in [0, 0.1) is 23.6 Å². The molecule has 0 heterocycles. The molecule has 4 aliphatic rings. The largest absolute Gasteiger partial charge is 0.350 e. The molecule has 4 bridgehead atoms. The van der Waals surface area contributed by atoms with E-state index >= 15 is 0 Å². The lowest BCUT2D eigenvalue weighted by Crippen LogP contribution is -2.60. The molecular formula is C25H26ClFN2O2S. The van der Waals surface area contributed by atoms with E-state index in [-0.39, 0.29) is 27.9 Å². The van der Waals surface area contributed by atoms with Crippen molar-refractivity contribution in [3.05, 3.63) is 58.9 Å². The summed E-state index contributed by atoms with van der Waals surface area (Å²) in [6, 6.07) is 11.5. The summed E-state index contributed by atoms with van der Waals surface area (Å²) >= 11 is 7.15. The fourth-order valence-corrected chi connectivity index (χ4v) is 7.33. The Balaban J connectivity index is 1.23. The van der Waals surface area contributed by atoms with E-state index in [4.69, 9.17) is 11.6 Å². The molecule has 4 fully saturated rings. The summed E-state index contributed by atoms with van der Waals surface area (Å²) in [5.74, 6) is 1.48. The molecule has 4 aliphatic carbocycles. The zero-order valence-electron chi connectivity index (χ0n) is 17.7. The highest BCUT2D eigenvalue weighted by molar-refractivity contribution is 8.00. The summed E-state index contributed by atoms with van der Waals surface area (Å²) in [7, 11) is 0. The van der Waals surface area contributed by atoms with E-state index in [1.165, 1.54) is 43.2 Å². The first-order valence-corrected chi connectivity index (χ1v) is 12.6. The molecule has 0 aliphatic heterocycles. The van der Waals surface area contributed by atoms with Crippen molar-refractivity contribution in [2.24, 2.45) is 17.8 Å². The Labute approximate surface area is 196 Å². The number of carbonyl (C=O) groups excluding carboxylic acids is 2. The molecule has 2 N–H and O–H groups in total. The Morgan fingerprint density at radius 1 is 1.00 bits per heavy atom. The first-order valence-electron chi connectivity index (χ1n) is 11.2. The topological polar surface area (TPSA) is 58.2 Å². The van der Waals surface area contributed by atoms with Crippen molar-refractivity contribution < 1.29 is 14.0 Å². The molecule has 0 spiro atoms. The van der Waals surface area contributed by atoms with Gasteiger partial charge >= 0.3 is 0 Å². The van der Waals surface area contributed by atoms with Gasteiger partial charge in [0, 0.05) is 10.4 Å². The van der Waals surface area contributed by atoms with Gasteiger partial charge in [-0.15, -0.1) is 11.8 Å². The standard InChI is InChI=1S/C25H26ClFN2O2S/c26-19-5-3-6-20(23(19)27)28-24(31)18-4-1-2-7-21(18)32-14-22(30)29-25-11-15-8-16(12-25)10-17(9-15)13-25/h1-7,15-17H,8-14H2,(H,28,31)(H,29,30). The third kappa shape index (κ3) is 4.40.